The maximum absolute atomic E-state index is 5.98. The highest BCUT2D eigenvalue weighted by molar-refractivity contribution is 9.10. The number of rotatable bonds is 2. The van der Waals surface area contributed by atoms with Crippen LogP contribution in [0.1, 0.15) is 5.56 Å². The maximum atomic E-state index is 5.98. The van der Waals surface area contributed by atoms with E-state index in [0.717, 1.165) is 20.7 Å². The summed E-state index contributed by atoms with van der Waals surface area (Å²) in [6, 6.07) is 5.72. The minimum atomic E-state index is 0.653. The third-order valence-corrected chi connectivity index (χ3v) is 4.17. The maximum Gasteiger partial charge on any atom is 0.0938 e. The minimum absolute atomic E-state index is 0.653. The second kappa shape index (κ2) is 4.65. The molecule has 5 heteroatoms. The molecule has 0 aliphatic rings. The third-order valence-electron chi connectivity index (χ3n) is 2.16. The fourth-order valence-electron chi connectivity index (χ4n) is 1.32. The molecule has 1 aromatic carbocycles. The lowest BCUT2D eigenvalue weighted by atomic mass is 10.2. The zero-order chi connectivity index (χ0) is 11.7. The first-order chi connectivity index (χ1) is 7.56. The number of nitrogens with one attached hydrogen (secondary N) is 1. The zero-order valence-electron chi connectivity index (χ0n) is 8.55. The molecule has 2 rings (SSSR count). The summed E-state index contributed by atoms with van der Waals surface area (Å²) in [4.78, 5) is 0. The normalized spacial score (nSPS) is 10.4. The molecule has 84 valence electrons. The monoisotopic (exact) mass is 316 g/mol. The van der Waals surface area contributed by atoms with Crippen LogP contribution >= 0.6 is 38.9 Å². The van der Waals surface area contributed by atoms with E-state index in [4.69, 9.17) is 17.3 Å². The molecule has 0 saturated carbocycles. The van der Waals surface area contributed by atoms with E-state index in [1.54, 1.807) is 17.4 Å². The Kier molecular flexibility index (Phi) is 3.42. The summed E-state index contributed by atoms with van der Waals surface area (Å²) in [5.41, 5.74) is 8.44. The van der Waals surface area contributed by atoms with Crippen LogP contribution in [-0.2, 0) is 0 Å². The molecule has 0 atom stereocenters. The Morgan fingerprint density at radius 3 is 2.75 bits per heavy atom. The Hall–Kier alpha value is -0.710. The van der Waals surface area contributed by atoms with Gasteiger partial charge in [-0.1, -0.05) is 11.6 Å². The first-order valence-corrected chi connectivity index (χ1v) is 6.68. The van der Waals surface area contributed by atoms with E-state index < -0.39 is 0 Å². The number of hydrogen-bond acceptors (Lipinski definition) is 3. The summed E-state index contributed by atoms with van der Waals surface area (Å²) in [5.74, 6) is 0. The summed E-state index contributed by atoms with van der Waals surface area (Å²) >= 11 is 11.0. The molecule has 0 aliphatic heterocycles. The lowest BCUT2D eigenvalue weighted by Crippen LogP contribution is -1.95. The van der Waals surface area contributed by atoms with Gasteiger partial charge in [0.25, 0.3) is 0 Å². The fraction of sp³-hybridized carbons (Fsp3) is 0.0909. The van der Waals surface area contributed by atoms with Crippen molar-refractivity contribution in [2.75, 3.05) is 11.1 Å². The molecule has 0 radical (unpaired) electrons. The molecule has 16 heavy (non-hydrogen) atoms. The van der Waals surface area contributed by atoms with Crippen molar-refractivity contribution in [1.82, 2.24) is 0 Å². The Morgan fingerprint density at radius 2 is 2.12 bits per heavy atom. The largest absolute Gasteiger partial charge is 0.397 e. The molecule has 1 aromatic heterocycles. The first-order valence-electron chi connectivity index (χ1n) is 4.63. The highest BCUT2D eigenvalue weighted by atomic mass is 79.9. The van der Waals surface area contributed by atoms with E-state index in [0.29, 0.717) is 10.7 Å². The number of anilines is 3. The van der Waals surface area contributed by atoms with Crippen molar-refractivity contribution in [2.24, 2.45) is 0 Å². The highest BCUT2D eigenvalue weighted by Gasteiger charge is 2.05. The van der Waals surface area contributed by atoms with Crippen molar-refractivity contribution < 1.29 is 0 Å². The van der Waals surface area contributed by atoms with Crippen LogP contribution in [-0.4, -0.2) is 0 Å². The third kappa shape index (κ3) is 2.51. The summed E-state index contributed by atoms with van der Waals surface area (Å²) in [5, 5.41) is 7.01. The molecule has 0 bridgehead atoms. The van der Waals surface area contributed by atoms with Gasteiger partial charge >= 0.3 is 0 Å². The van der Waals surface area contributed by atoms with Crippen molar-refractivity contribution >= 4 is 55.2 Å². The molecule has 0 saturated heterocycles. The lowest BCUT2D eigenvalue weighted by molar-refractivity contribution is 1.46. The number of nitrogens with two attached hydrogens (primary N) is 1. The average Bonchev–Trinajstić information content (AvgIpc) is 2.60. The predicted molar refractivity (Wildman–Crippen MR) is 75.9 cm³/mol. The molecular weight excluding hydrogens is 308 g/mol. The van der Waals surface area contributed by atoms with Crippen molar-refractivity contribution in [3.05, 3.63) is 38.6 Å². The predicted octanol–water partition coefficient (Wildman–Crippen LogP) is 4.80. The Labute approximate surface area is 112 Å². The average molecular weight is 318 g/mol. The molecule has 0 aliphatic carbocycles. The fourth-order valence-corrected chi connectivity index (χ4v) is 2.82. The quantitative estimate of drug-likeness (QED) is 0.781. The smallest absolute Gasteiger partial charge is 0.0938 e. The van der Waals surface area contributed by atoms with Gasteiger partial charge < -0.3 is 11.1 Å². The molecule has 1 heterocycles. The van der Waals surface area contributed by atoms with Gasteiger partial charge in [-0.05, 0) is 46.6 Å². The highest BCUT2D eigenvalue weighted by Crippen LogP contribution is 2.32. The van der Waals surface area contributed by atoms with Crippen LogP contribution in [0.5, 0.6) is 0 Å². The second-order valence-corrected chi connectivity index (χ2v) is 5.68. The molecular formula is C11H10BrClN2S. The van der Waals surface area contributed by atoms with Crippen molar-refractivity contribution in [3.8, 4) is 0 Å². The molecule has 2 aromatic rings. The van der Waals surface area contributed by atoms with Gasteiger partial charge in [0, 0.05) is 14.9 Å². The van der Waals surface area contributed by atoms with E-state index >= 15 is 0 Å². The van der Waals surface area contributed by atoms with Gasteiger partial charge in [0.2, 0.25) is 0 Å². The second-order valence-electron chi connectivity index (χ2n) is 3.44. The van der Waals surface area contributed by atoms with Crippen LogP contribution in [0.15, 0.2) is 28.1 Å². The Bertz CT molecular complexity index is 525. The summed E-state index contributed by atoms with van der Waals surface area (Å²) in [6.07, 6.45) is 0. The number of thiophene rings is 1. The van der Waals surface area contributed by atoms with Gasteiger partial charge in [-0.25, -0.2) is 0 Å². The zero-order valence-corrected chi connectivity index (χ0v) is 11.7. The molecule has 3 N–H and O–H groups in total. The van der Waals surface area contributed by atoms with E-state index in [1.807, 2.05) is 24.4 Å². The lowest BCUT2D eigenvalue weighted by Gasteiger charge is -2.09. The summed E-state index contributed by atoms with van der Waals surface area (Å²) < 4.78 is 1.06. The van der Waals surface area contributed by atoms with E-state index in [-0.39, 0.29) is 0 Å². The summed E-state index contributed by atoms with van der Waals surface area (Å²) in [7, 11) is 0. The van der Waals surface area contributed by atoms with E-state index in [1.165, 1.54) is 0 Å². The van der Waals surface area contributed by atoms with Crippen LogP contribution in [0, 0.1) is 6.92 Å². The topological polar surface area (TPSA) is 38.0 Å². The standard InChI is InChI=1S/C11H10BrClN2S/c1-6-2-10(9(14)4-8(6)13)15-11-3-7(12)5-16-11/h2-5,15H,14H2,1H3. The number of nitrogen functional groups attached to an aromatic ring is 1. The van der Waals surface area contributed by atoms with Gasteiger partial charge in [-0.2, -0.15) is 0 Å². The van der Waals surface area contributed by atoms with Gasteiger partial charge in [-0.15, -0.1) is 11.3 Å². The van der Waals surface area contributed by atoms with Crippen LogP contribution < -0.4 is 11.1 Å². The summed E-state index contributed by atoms with van der Waals surface area (Å²) in [6.45, 7) is 1.96. The van der Waals surface area contributed by atoms with Crippen LogP contribution in [0.2, 0.25) is 5.02 Å². The van der Waals surface area contributed by atoms with Gasteiger partial charge in [-0.3, -0.25) is 0 Å². The SMILES string of the molecule is Cc1cc(Nc2cc(Br)cs2)c(N)cc1Cl. The van der Waals surface area contributed by atoms with Gasteiger partial charge in [0.15, 0.2) is 0 Å². The van der Waals surface area contributed by atoms with Gasteiger partial charge in [0.05, 0.1) is 16.4 Å². The number of hydrogen-bond donors (Lipinski definition) is 2. The van der Waals surface area contributed by atoms with E-state index in [9.17, 15) is 0 Å². The van der Waals surface area contributed by atoms with Crippen molar-refractivity contribution in [2.45, 2.75) is 6.92 Å². The van der Waals surface area contributed by atoms with Crippen LogP contribution in [0.4, 0.5) is 16.4 Å². The van der Waals surface area contributed by atoms with E-state index in [2.05, 4.69) is 21.2 Å². The first kappa shape index (κ1) is 11.8. The molecule has 0 spiro atoms. The van der Waals surface area contributed by atoms with Gasteiger partial charge in [0.1, 0.15) is 0 Å². The number of benzene rings is 1. The van der Waals surface area contributed by atoms with Crippen molar-refractivity contribution in [1.29, 1.82) is 0 Å². The number of aryl methyl sites for hydroxylation is 1. The molecule has 0 amide bonds. The molecule has 2 nitrogen and oxygen atoms in total. The molecule has 0 fully saturated rings. The van der Waals surface area contributed by atoms with Crippen LogP contribution in [0.3, 0.4) is 0 Å². The minimum Gasteiger partial charge on any atom is -0.397 e. The van der Waals surface area contributed by atoms with Crippen molar-refractivity contribution in [3.63, 3.8) is 0 Å². The van der Waals surface area contributed by atoms with Crippen LogP contribution in [0.25, 0.3) is 0 Å². The molecule has 0 unspecified atom stereocenters. The number of halogens is 2. The Balaban J connectivity index is 2.31. The Morgan fingerprint density at radius 1 is 1.38 bits per heavy atom.